The first-order chi connectivity index (χ1) is 9.41. The fourth-order valence-electron chi connectivity index (χ4n) is 4.11. The summed E-state index contributed by atoms with van der Waals surface area (Å²) >= 11 is 1.79. The maximum absolute atomic E-state index is 6.40. The predicted molar refractivity (Wildman–Crippen MR) is 86.0 cm³/mol. The van der Waals surface area contributed by atoms with Crippen LogP contribution in [0.2, 0.25) is 0 Å². The molecule has 2 saturated carbocycles. The number of hydrogen-bond donors (Lipinski definition) is 1. The largest absolute Gasteiger partial charge is 0.327 e. The van der Waals surface area contributed by atoms with Crippen molar-refractivity contribution in [3.63, 3.8) is 0 Å². The summed E-state index contributed by atoms with van der Waals surface area (Å²) in [4.78, 5) is 4.78. The van der Waals surface area contributed by atoms with Crippen LogP contribution < -0.4 is 5.73 Å². The smallest absolute Gasteiger partial charge is 0.0943 e. The van der Waals surface area contributed by atoms with Crippen molar-refractivity contribution < 1.29 is 0 Å². The molecular formula is C17H28N2S. The number of nitrogens with zero attached hydrogens (tertiary/aromatic N) is 1. The Hall–Kier alpha value is -0.410. The van der Waals surface area contributed by atoms with E-state index in [1.807, 2.05) is 0 Å². The quantitative estimate of drug-likeness (QED) is 0.906. The lowest BCUT2D eigenvalue weighted by Crippen LogP contribution is -2.28. The zero-order chi connectivity index (χ0) is 14.3. The van der Waals surface area contributed by atoms with E-state index in [-0.39, 0.29) is 5.41 Å². The van der Waals surface area contributed by atoms with Crippen LogP contribution in [0.15, 0.2) is 5.38 Å². The number of hydrogen-bond acceptors (Lipinski definition) is 3. The van der Waals surface area contributed by atoms with Gasteiger partial charge in [-0.1, -0.05) is 27.2 Å². The summed E-state index contributed by atoms with van der Waals surface area (Å²) < 4.78 is 0. The van der Waals surface area contributed by atoms with Crippen LogP contribution in [0.1, 0.15) is 63.6 Å². The molecule has 2 nitrogen and oxygen atoms in total. The zero-order valence-corrected chi connectivity index (χ0v) is 13.9. The van der Waals surface area contributed by atoms with E-state index in [0.29, 0.717) is 6.04 Å². The molecule has 2 N–H and O–H groups in total. The van der Waals surface area contributed by atoms with E-state index in [9.17, 15) is 0 Å². The highest BCUT2D eigenvalue weighted by atomic mass is 32.1. The molecule has 3 heteroatoms. The second-order valence-corrected chi connectivity index (χ2v) is 8.95. The lowest BCUT2D eigenvalue weighted by atomic mass is 9.84. The van der Waals surface area contributed by atoms with Gasteiger partial charge in [0.2, 0.25) is 0 Å². The maximum atomic E-state index is 6.40. The van der Waals surface area contributed by atoms with E-state index < -0.39 is 0 Å². The molecule has 1 aromatic rings. The zero-order valence-electron chi connectivity index (χ0n) is 13.1. The number of aromatic nitrogens is 1. The summed E-state index contributed by atoms with van der Waals surface area (Å²) in [7, 11) is 0. The molecule has 1 heterocycles. The van der Waals surface area contributed by atoms with Crippen LogP contribution in [0.5, 0.6) is 0 Å². The van der Waals surface area contributed by atoms with E-state index in [1.54, 1.807) is 11.3 Å². The minimum absolute atomic E-state index is 0.156. The number of nitrogens with two attached hydrogens (primary N) is 1. The third kappa shape index (κ3) is 3.09. The van der Waals surface area contributed by atoms with Crippen LogP contribution in [0.3, 0.4) is 0 Å². The van der Waals surface area contributed by atoms with Crippen molar-refractivity contribution in [1.82, 2.24) is 4.98 Å². The summed E-state index contributed by atoms with van der Waals surface area (Å²) in [6.45, 7) is 6.67. The van der Waals surface area contributed by atoms with Gasteiger partial charge in [-0.15, -0.1) is 11.3 Å². The van der Waals surface area contributed by atoms with Gasteiger partial charge in [-0.05, 0) is 43.4 Å². The number of rotatable bonds is 4. The fourth-order valence-corrected chi connectivity index (χ4v) is 5.23. The standard InChI is InChI=1S/C17H28N2S/c1-17(2,3)15-10-20-16(19-15)9-14(18)8-13-7-11-4-5-12(13)6-11/h10-14H,4-9,18H2,1-3H3. The Morgan fingerprint density at radius 1 is 1.35 bits per heavy atom. The average molecular weight is 292 g/mol. The van der Waals surface area contributed by atoms with E-state index in [1.165, 1.54) is 42.8 Å². The van der Waals surface area contributed by atoms with Crippen LogP contribution in [0, 0.1) is 17.8 Å². The van der Waals surface area contributed by atoms with E-state index in [4.69, 9.17) is 10.7 Å². The first kappa shape index (κ1) is 14.5. The molecule has 20 heavy (non-hydrogen) atoms. The van der Waals surface area contributed by atoms with Gasteiger partial charge >= 0.3 is 0 Å². The molecule has 2 aliphatic carbocycles. The van der Waals surface area contributed by atoms with Gasteiger partial charge in [-0.25, -0.2) is 4.98 Å². The second kappa shape index (κ2) is 5.42. The maximum Gasteiger partial charge on any atom is 0.0943 e. The van der Waals surface area contributed by atoms with Crippen LogP contribution in [-0.4, -0.2) is 11.0 Å². The number of fused-ring (bicyclic) bond motifs is 2. The van der Waals surface area contributed by atoms with Crippen molar-refractivity contribution in [2.75, 3.05) is 0 Å². The van der Waals surface area contributed by atoms with Crippen LogP contribution >= 0.6 is 11.3 Å². The molecule has 112 valence electrons. The first-order valence-electron chi connectivity index (χ1n) is 8.12. The summed E-state index contributed by atoms with van der Waals surface area (Å²) in [6.07, 6.45) is 8.07. The molecule has 0 radical (unpaired) electrons. The van der Waals surface area contributed by atoms with Gasteiger partial charge < -0.3 is 5.73 Å². The first-order valence-corrected chi connectivity index (χ1v) is 9.00. The highest BCUT2D eigenvalue weighted by molar-refractivity contribution is 7.09. The van der Waals surface area contributed by atoms with Crippen molar-refractivity contribution in [3.8, 4) is 0 Å². The highest BCUT2D eigenvalue weighted by Gasteiger charge is 2.39. The summed E-state index contributed by atoms with van der Waals surface area (Å²) in [5.41, 5.74) is 7.77. The minimum atomic E-state index is 0.156. The average Bonchev–Trinajstić information content (AvgIpc) is 3.02. The Morgan fingerprint density at radius 3 is 2.70 bits per heavy atom. The SMILES string of the molecule is CC(C)(C)c1csc(CC(N)CC2CC3CCC2C3)n1. The van der Waals surface area contributed by atoms with Crippen LogP contribution in [0.4, 0.5) is 0 Å². The molecule has 2 aliphatic rings. The Bertz CT molecular complexity index is 460. The Morgan fingerprint density at radius 2 is 2.15 bits per heavy atom. The third-order valence-electron chi connectivity index (χ3n) is 5.25. The van der Waals surface area contributed by atoms with Gasteiger partial charge in [0, 0.05) is 23.3 Å². The van der Waals surface area contributed by atoms with Crippen molar-refractivity contribution in [2.24, 2.45) is 23.5 Å². The molecule has 0 spiro atoms. The molecule has 1 aromatic heterocycles. The van der Waals surface area contributed by atoms with Gasteiger partial charge in [-0.2, -0.15) is 0 Å². The molecule has 0 amide bonds. The summed E-state index contributed by atoms with van der Waals surface area (Å²) in [5.74, 6) is 2.93. The Balaban J connectivity index is 1.54. The molecule has 2 fully saturated rings. The van der Waals surface area contributed by atoms with Gasteiger partial charge in [0.15, 0.2) is 0 Å². The van der Waals surface area contributed by atoms with Gasteiger partial charge in [0.25, 0.3) is 0 Å². The molecular weight excluding hydrogens is 264 g/mol. The minimum Gasteiger partial charge on any atom is -0.327 e. The summed E-state index contributed by atoms with van der Waals surface area (Å²) in [5, 5.41) is 3.44. The lowest BCUT2D eigenvalue weighted by molar-refractivity contribution is 0.294. The van der Waals surface area contributed by atoms with E-state index in [0.717, 1.165) is 24.2 Å². The molecule has 3 rings (SSSR count). The monoisotopic (exact) mass is 292 g/mol. The Labute approximate surface area is 127 Å². The van der Waals surface area contributed by atoms with Gasteiger partial charge in [0.1, 0.15) is 0 Å². The molecule has 2 bridgehead atoms. The molecule has 0 aliphatic heterocycles. The van der Waals surface area contributed by atoms with Crippen LogP contribution in [-0.2, 0) is 11.8 Å². The fraction of sp³-hybridized carbons (Fsp3) is 0.824. The molecule has 4 unspecified atom stereocenters. The second-order valence-electron chi connectivity index (χ2n) is 8.01. The van der Waals surface area contributed by atoms with E-state index in [2.05, 4.69) is 26.2 Å². The molecule has 0 saturated heterocycles. The van der Waals surface area contributed by atoms with Crippen molar-refractivity contribution in [2.45, 2.75) is 70.8 Å². The highest BCUT2D eigenvalue weighted by Crippen LogP contribution is 2.49. The van der Waals surface area contributed by atoms with Crippen molar-refractivity contribution in [3.05, 3.63) is 16.1 Å². The lowest BCUT2D eigenvalue weighted by Gasteiger charge is -2.24. The van der Waals surface area contributed by atoms with Crippen molar-refractivity contribution >= 4 is 11.3 Å². The van der Waals surface area contributed by atoms with E-state index >= 15 is 0 Å². The third-order valence-corrected chi connectivity index (χ3v) is 6.12. The molecule has 4 atom stereocenters. The summed E-state index contributed by atoms with van der Waals surface area (Å²) in [6, 6.07) is 0.304. The topological polar surface area (TPSA) is 38.9 Å². The predicted octanol–water partition coefficient (Wildman–Crippen LogP) is 4.14. The Kier molecular flexibility index (Phi) is 3.93. The van der Waals surface area contributed by atoms with Crippen LogP contribution in [0.25, 0.3) is 0 Å². The van der Waals surface area contributed by atoms with Crippen molar-refractivity contribution in [1.29, 1.82) is 0 Å². The van der Waals surface area contributed by atoms with Gasteiger partial charge in [-0.3, -0.25) is 0 Å². The van der Waals surface area contributed by atoms with Gasteiger partial charge in [0.05, 0.1) is 10.7 Å². The molecule has 0 aromatic carbocycles. The normalized spacial score (nSPS) is 30.9. The number of thiazole rings is 1.